The van der Waals surface area contributed by atoms with Crippen LogP contribution < -0.4 is 5.32 Å². The van der Waals surface area contributed by atoms with Crippen LogP contribution in [0.1, 0.15) is 39.0 Å². The van der Waals surface area contributed by atoms with Gasteiger partial charge in [-0.05, 0) is 6.42 Å². The first-order chi connectivity index (χ1) is 7.61. The number of aliphatic carboxylic acids is 1. The molecule has 0 aromatic carbocycles. The zero-order chi connectivity index (χ0) is 12.4. The van der Waals surface area contributed by atoms with Crippen LogP contribution in [0.25, 0.3) is 0 Å². The second-order valence-electron chi connectivity index (χ2n) is 3.74. The maximum absolute atomic E-state index is 11.1. The fourth-order valence-electron chi connectivity index (χ4n) is 1.40. The van der Waals surface area contributed by atoms with Crippen LogP contribution >= 0.6 is 0 Å². The zero-order valence-electron chi connectivity index (χ0n) is 9.99. The number of unbranched alkanes of at least 4 members (excludes halogenated alkanes) is 3. The van der Waals surface area contributed by atoms with E-state index < -0.39 is 12.0 Å². The Kier molecular flexibility index (Phi) is 8.52. The van der Waals surface area contributed by atoms with Crippen LogP contribution in [-0.2, 0) is 14.3 Å². The van der Waals surface area contributed by atoms with Gasteiger partial charge in [0.25, 0.3) is 0 Å². The van der Waals surface area contributed by atoms with Gasteiger partial charge in [-0.25, -0.2) is 4.79 Å². The molecule has 0 saturated heterocycles. The van der Waals surface area contributed by atoms with Crippen LogP contribution in [0.5, 0.6) is 0 Å². The molecule has 0 unspecified atom stereocenters. The Morgan fingerprint density at radius 1 is 1.31 bits per heavy atom. The fourth-order valence-corrected chi connectivity index (χ4v) is 1.40. The molecule has 1 amide bonds. The number of nitrogens with one attached hydrogen (secondary N) is 1. The van der Waals surface area contributed by atoms with Crippen molar-refractivity contribution in [1.82, 2.24) is 5.32 Å². The average Bonchev–Trinajstić information content (AvgIpc) is 2.22. The Hall–Kier alpha value is -1.10. The highest BCUT2D eigenvalue weighted by Gasteiger charge is 2.18. The maximum atomic E-state index is 11.1. The molecule has 1 atom stereocenters. The van der Waals surface area contributed by atoms with E-state index in [0.29, 0.717) is 6.42 Å². The van der Waals surface area contributed by atoms with Crippen molar-refractivity contribution in [3.05, 3.63) is 0 Å². The van der Waals surface area contributed by atoms with Crippen molar-refractivity contribution in [2.24, 2.45) is 0 Å². The number of hydrogen-bond acceptors (Lipinski definition) is 3. The molecule has 2 N–H and O–H groups in total. The Bertz CT molecular complexity index is 218. The van der Waals surface area contributed by atoms with Gasteiger partial charge in [0.05, 0.1) is 0 Å². The van der Waals surface area contributed by atoms with E-state index in [9.17, 15) is 9.59 Å². The van der Waals surface area contributed by atoms with Gasteiger partial charge < -0.3 is 15.2 Å². The summed E-state index contributed by atoms with van der Waals surface area (Å²) >= 11 is 0. The minimum absolute atomic E-state index is 0.0985. The molecule has 0 spiro atoms. The van der Waals surface area contributed by atoms with E-state index in [1.54, 1.807) is 0 Å². The maximum Gasteiger partial charge on any atom is 0.326 e. The van der Waals surface area contributed by atoms with E-state index in [0.717, 1.165) is 25.7 Å². The molecule has 0 bridgehead atoms. The van der Waals surface area contributed by atoms with Gasteiger partial charge in [-0.3, -0.25) is 4.79 Å². The van der Waals surface area contributed by atoms with Crippen molar-refractivity contribution < 1.29 is 19.4 Å². The lowest BCUT2D eigenvalue weighted by Gasteiger charge is -2.13. The lowest BCUT2D eigenvalue weighted by atomic mass is 10.1. The van der Waals surface area contributed by atoms with Gasteiger partial charge in [0.1, 0.15) is 12.6 Å². The minimum atomic E-state index is -0.985. The van der Waals surface area contributed by atoms with Crippen molar-refractivity contribution in [1.29, 1.82) is 0 Å². The first-order valence-corrected chi connectivity index (χ1v) is 5.63. The van der Waals surface area contributed by atoms with E-state index in [2.05, 4.69) is 17.0 Å². The second-order valence-corrected chi connectivity index (χ2v) is 3.74. The van der Waals surface area contributed by atoms with Crippen LogP contribution in [0.4, 0.5) is 0 Å². The van der Waals surface area contributed by atoms with Gasteiger partial charge in [0, 0.05) is 7.11 Å². The molecule has 0 aromatic rings. The third-order valence-electron chi connectivity index (χ3n) is 2.26. The third kappa shape index (κ3) is 7.23. The van der Waals surface area contributed by atoms with Gasteiger partial charge in [0.2, 0.25) is 5.91 Å². The molecule has 16 heavy (non-hydrogen) atoms. The smallest absolute Gasteiger partial charge is 0.326 e. The summed E-state index contributed by atoms with van der Waals surface area (Å²) in [6.45, 7) is 1.99. The Labute approximate surface area is 96.2 Å². The monoisotopic (exact) mass is 231 g/mol. The van der Waals surface area contributed by atoms with E-state index in [4.69, 9.17) is 5.11 Å². The van der Waals surface area contributed by atoms with E-state index in [1.165, 1.54) is 7.11 Å². The second kappa shape index (κ2) is 9.15. The number of carbonyl (C=O) groups is 2. The number of rotatable bonds is 9. The molecule has 5 nitrogen and oxygen atoms in total. The molecule has 0 aliphatic rings. The molecule has 0 aliphatic carbocycles. The van der Waals surface area contributed by atoms with E-state index >= 15 is 0 Å². The van der Waals surface area contributed by atoms with Crippen LogP contribution in [0, 0.1) is 0 Å². The highest BCUT2D eigenvalue weighted by atomic mass is 16.5. The minimum Gasteiger partial charge on any atom is -0.480 e. The highest BCUT2D eigenvalue weighted by Crippen LogP contribution is 2.05. The molecular formula is C11H21NO4. The highest BCUT2D eigenvalue weighted by molar-refractivity contribution is 5.84. The summed E-state index contributed by atoms with van der Waals surface area (Å²) in [5.41, 5.74) is 0. The number of methoxy groups -OCH3 is 1. The van der Waals surface area contributed by atoms with Gasteiger partial charge in [0.15, 0.2) is 0 Å². The first-order valence-electron chi connectivity index (χ1n) is 5.63. The lowest BCUT2D eigenvalue weighted by molar-refractivity contribution is -0.142. The number of ether oxygens (including phenoxy) is 1. The molecule has 5 heteroatoms. The van der Waals surface area contributed by atoms with Gasteiger partial charge in [-0.15, -0.1) is 0 Å². The molecule has 0 heterocycles. The number of amides is 1. The number of carboxylic acids is 1. The predicted molar refractivity (Wildman–Crippen MR) is 60.2 cm³/mol. The van der Waals surface area contributed by atoms with Crippen molar-refractivity contribution in [3.63, 3.8) is 0 Å². The predicted octanol–water partition coefficient (Wildman–Crippen LogP) is 1.17. The molecule has 0 fully saturated rings. The molecular weight excluding hydrogens is 210 g/mol. The van der Waals surface area contributed by atoms with Crippen LogP contribution in [0.3, 0.4) is 0 Å². The Morgan fingerprint density at radius 2 is 2.00 bits per heavy atom. The average molecular weight is 231 g/mol. The van der Waals surface area contributed by atoms with Gasteiger partial charge in [-0.1, -0.05) is 32.6 Å². The molecule has 0 aromatic heterocycles. The summed E-state index contributed by atoms with van der Waals surface area (Å²) in [5, 5.41) is 11.3. The molecule has 0 saturated carbocycles. The van der Waals surface area contributed by atoms with E-state index in [-0.39, 0.29) is 12.5 Å². The molecule has 94 valence electrons. The summed E-state index contributed by atoms with van der Waals surface area (Å²) in [6.07, 6.45) is 4.50. The van der Waals surface area contributed by atoms with Crippen molar-refractivity contribution in [2.75, 3.05) is 13.7 Å². The molecule has 0 radical (unpaired) electrons. The Morgan fingerprint density at radius 3 is 2.50 bits per heavy atom. The third-order valence-corrected chi connectivity index (χ3v) is 2.26. The van der Waals surface area contributed by atoms with Gasteiger partial charge >= 0.3 is 5.97 Å². The fraction of sp³-hybridized carbons (Fsp3) is 0.818. The number of carbonyl (C=O) groups excluding carboxylic acids is 1. The largest absolute Gasteiger partial charge is 0.480 e. The lowest BCUT2D eigenvalue weighted by Crippen LogP contribution is -2.42. The summed E-state index contributed by atoms with van der Waals surface area (Å²) < 4.78 is 4.62. The SMILES string of the molecule is CCCCCC[C@@H](NC(=O)COC)C(=O)O. The van der Waals surface area contributed by atoms with Crippen LogP contribution in [0.15, 0.2) is 0 Å². The van der Waals surface area contributed by atoms with Gasteiger partial charge in [-0.2, -0.15) is 0 Å². The van der Waals surface area contributed by atoms with Crippen LogP contribution in [0.2, 0.25) is 0 Å². The van der Waals surface area contributed by atoms with Crippen molar-refractivity contribution in [2.45, 2.75) is 45.1 Å². The zero-order valence-corrected chi connectivity index (χ0v) is 9.99. The normalized spacial score (nSPS) is 12.1. The first kappa shape index (κ1) is 14.9. The Balaban J connectivity index is 3.88. The summed E-state index contributed by atoms with van der Waals surface area (Å²) in [4.78, 5) is 22.0. The van der Waals surface area contributed by atoms with E-state index in [1.807, 2.05) is 0 Å². The number of carboxylic acid groups (broad SMARTS) is 1. The van der Waals surface area contributed by atoms with Crippen molar-refractivity contribution >= 4 is 11.9 Å². The molecule has 0 rings (SSSR count). The summed E-state index contributed by atoms with van der Waals surface area (Å²) in [6, 6.07) is -0.792. The topological polar surface area (TPSA) is 75.6 Å². The summed E-state index contributed by atoms with van der Waals surface area (Å²) in [5.74, 6) is -1.37. The standard InChI is InChI=1S/C11H21NO4/c1-3-4-5-6-7-9(11(14)15)12-10(13)8-16-2/h9H,3-8H2,1-2H3,(H,12,13)(H,14,15)/t9-/m1/s1. The number of hydrogen-bond donors (Lipinski definition) is 2. The summed E-state index contributed by atoms with van der Waals surface area (Å²) in [7, 11) is 1.40. The molecule has 0 aliphatic heterocycles. The van der Waals surface area contributed by atoms with Crippen LogP contribution in [-0.4, -0.2) is 36.7 Å². The van der Waals surface area contributed by atoms with Crippen molar-refractivity contribution in [3.8, 4) is 0 Å². The quantitative estimate of drug-likeness (QED) is 0.584.